The van der Waals surface area contributed by atoms with Crippen LogP contribution in [0.1, 0.15) is 37.4 Å². The summed E-state index contributed by atoms with van der Waals surface area (Å²) in [5.74, 6) is -0.0114. The van der Waals surface area contributed by atoms with Gasteiger partial charge in [-0.15, -0.1) is 0 Å². The molecule has 3 N–H and O–H groups in total. The molecule has 2 aliphatic rings. The Bertz CT molecular complexity index is 1310. The van der Waals surface area contributed by atoms with Gasteiger partial charge in [-0.2, -0.15) is 9.78 Å². The number of rotatable bonds is 5. The van der Waals surface area contributed by atoms with Crippen molar-refractivity contribution in [3.05, 3.63) is 60.2 Å². The third kappa shape index (κ3) is 3.69. The molecule has 0 atom stereocenters. The van der Waals surface area contributed by atoms with Crippen molar-refractivity contribution in [2.45, 2.75) is 45.2 Å². The van der Waals surface area contributed by atoms with Crippen LogP contribution in [0.15, 0.2) is 48.9 Å². The molecule has 2 amide bonds. The summed E-state index contributed by atoms with van der Waals surface area (Å²) in [5, 5.41) is 7.33. The molecule has 1 saturated heterocycles. The van der Waals surface area contributed by atoms with E-state index >= 15 is 0 Å². The van der Waals surface area contributed by atoms with E-state index in [1.165, 1.54) is 4.68 Å². The monoisotopic (exact) mass is 489 g/mol. The van der Waals surface area contributed by atoms with Crippen LogP contribution < -0.4 is 20.9 Å². The zero-order valence-corrected chi connectivity index (χ0v) is 20.5. The van der Waals surface area contributed by atoms with Gasteiger partial charge in [0.2, 0.25) is 0 Å². The first-order chi connectivity index (χ1) is 16.9. The Hall–Kier alpha value is -3.63. The van der Waals surface area contributed by atoms with Crippen molar-refractivity contribution in [3.8, 4) is 11.1 Å². The Morgan fingerprint density at radius 1 is 1.17 bits per heavy atom. The molecule has 0 unspecified atom stereocenters. The second-order valence-corrected chi connectivity index (χ2v) is 9.23. The maximum absolute atomic E-state index is 13.7. The second kappa shape index (κ2) is 8.86. The minimum absolute atomic E-state index is 0.0114. The molecule has 0 radical (unpaired) electrons. The number of benzene rings is 1. The molecule has 1 aliphatic carbocycles. The number of anilines is 2. The molecule has 10 heteroatoms. The lowest BCUT2D eigenvalue weighted by molar-refractivity contribution is -0.123. The SMILES string of the molecule is CCNC(=O)n1cc(-c2ccc(N3C(=S)N(c4cnc(CN)c(C)c4)C(=O)C34CCC4)cc2)cn1. The van der Waals surface area contributed by atoms with Gasteiger partial charge in [-0.1, -0.05) is 12.1 Å². The average molecular weight is 490 g/mol. The summed E-state index contributed by atoms with van der Waals surface area (Å²) in [5.41, 5.74) is 10.1. The number of amides is 2. The molecule has 3 aromatic rings. The van der Waals surface area contributed by atoms with Crippen LogP contribution in [0.25, 0.3) is 11.1 Å². The van der Waals surface area contributed by atoms with E-state index in [1.54, 1.807) is 23.5 Å². The third-order valence-corrected chi connectivity index (χ3v) is 7.16. The lowest BCUT2D eigenvalue weighted by Crippen LogP contribution is -2.55. The highest BCUT2D eigenvalue weighted by atomic mass is 32.1. The standard InChI is InChI=1S/C25H27N7O2S/c1-3-27-23(34)30-15-18(13-29-30)17-5-7-19(8-6-17)32-24(35)31(22(33)25(32)9-4-10-25)20-11-16(2)21(12-26)28-14-20/h5-8,11,13-15H,3-4,9-10,12,26H2,1-2H3,(H,27,34). The molecule has 2 fully saturated rings. The molecule has 1 saturated carbocycles. The summed E-state index contributed by atoms with van der Waals surface area (Å²) in [6.07, 6.45) is 7.49. The van der Waals surface area contributed by atoms with Crippen LogP contribution in [0.5, 0.6) is 0 Å². The summed E-state index contributed by atoms with van der Waals surface area (Å²) in [6.45, 7) is 4.67. The molecule has 0 bridgehead atoms. The topological polar surface area (TPSA) is 109 Å². The number of carbonyl (C=O) groups is 2. The van der Waals surface area contributed by atoms with Crippen LogP contribution in [0.4, 0.5) is 16.2 Å². The molecule has 180 valence electrons. The minimum Gasteiger partial charge on any atom is -0.336 e. The van der Waals surface area contributed by atoms with Gasteiger partial charge in [0.15, 0.2) is 5.11 Å². The van der Waals surface area contributed by atoms with E-state index in [0.717, 1.165) is 47.3 Å². The van der Waals surface area contributed by atoms with Gasteiger partial charge in [-0.25, -0.2) is 4.79 Å². The van der Waals surface area contributed by atoms with Crippen molar-refractivity contribution in [1.29, 1.82) is 0 Å². The minimum atomic E-state index is -0.665. The van der Waals surface area contributed by atoms with Crippen LogP contribution in [0, 0.1) is 6.92 Å². The van der Waals surface area contributed by atoms with E-state index in [4.69, 9.17) is 18.0 Å². The van der Waals surface area contributed by atoms with Crippen LogP contribution in [-0.4, -0.2) is 43.9 Å². The summed E-state index contributed by atoms with van der Waals surface area (Å²) in [6, 6.07) is 9.49. The number of aromatic nitrogens is 3. The number of hydrogen-bond donors (Lipinski definition) is 2. The van der Waals surface area contributed by atoms with Gasteiger partial charge in [0.25, 0.3) is 5.91 Å². The number of pyridine rings is 1. The summed E-state index contributed by atoms with van der Waals surface area (Å²) in [4.78, 5) is 33.7. The molecule has 1 aromatic carbocycles. The predicted octanol–water partition coefficient (Wildman–Crippen LogP) is 3.35. The maximum Gasteiger partial charge on any atom is 0.342 e. The lowest BCUT2D eigenvalue weighted by atomic mass is 9.75. The fraction of sp³-hybridized carbons (Fsp3) is 0.320. The van der Waals surface area contributed by atoms with E-state index in [-0.39, 0.29) is 11.9 Å². The van der Waals surface area contributed by atoms with Gasteiger partial charge in [0, 0.05) is 30.5 Å². The highest BCUT2D eigenvalue weighted by Crippen LogP contribution is 2.48. The van der Waals surface area contributed by atoms with E-state index in [1.807, 2.05) is 49.1 Å². The first-order valence-electron chi connectivity index (χ1n) is 11.7. The Morgan fingerprint density at radius 3 is 2.51 bits per heavy atom. The summed E-state index contributed by atoms with van der Waals surface area (Å²) < 4.78 is 1.29. The molecular formula is C25H27N7O2S. The van der Waals surface area contributed by atoms with Crippen molar-refractivity contribution in [2.24, 2.45) is 5.73 Å². The molecule has 3 heterocycles. The number of nitrogens with zero attached hydrogens (tertiary/aromatic N) is 5. The van der Waals surface area contributed by atoms with Crippen molar-refractivity contribution in [2.75, 3.05) is 16.3 Å². The number of nitrogens with two attached hydrogens (primary N) is 1. The van der Waals surface area contributed by atoms with Crippen LogP contribution in [0.2, 0.25) is 0 Å². The quantitative estimate of drug-likeness (QED) is 0.529. The Labute approximate surface area is 208 Å². The largest absolute Gasteiger partial charge is 0.342 e. The fourth-order valence-corrected chi connectivity index (χ4v) is 5.22. The highest BCUT2D eigenvalue weighted by Gasteiger charge is 2.59. The molecule has 1 spiro atoms. The maximum atomic E-state index is 13.7. The molecule has 9 nitrogen and oxygen atoms in total. The van der Waals surface area contributed by atoms with Gasteiger partial charge in [0.1, 0.15) is 5.54 Å². The molecule has 35 heavy (non-hydrogen) atoms. The smallest absolute Gasteiger partial charge is 0.336 e. The number of thiocarbonyl (C=S) groups is 1. The van der Waals surface area contributed by atoms with Gasteiger partial charge in [-0.3, -0.25) is 14.7 Å². The van der Waals surface area contributed by atoms with Gasteiger partial charge >= 0.3 is 6.03 Å². The third-order valence-electron chi connectivity index (χ3n) is 6.79. The van der Waals surface area contributed by atoms with Crippen LogP contribution in [-0.2, 0) is 11.3 Å². The number of carbonyl (C=O) groups excluding carboxylic acids is 2. The highest BCUT2D eigenvalue weighted by molar-refractivity contribution is 7.81. The predicted molar refractivity (Wildman–Crippen MR) is 138 cm³/mol. The van der Waals surface area contributed by atoms with Crippen molar-refractivity contribution >= 4 is 40.6 Å². The van der Waals surface area contributed by atoms with E-state index < -0.39 is 5.54 Å². The summed E-state index contributed by atoms with van der Waals surface area (Å²) >= 11 is 5.86. The fourth-order valence-electron chi connectivity index (χ4n) is 4.75. The zero-order valence-electron chi connectivity index (χ0n) is 19.7. The van der Waals surface area contributed by atoms with Gasteiger partial charge in [0.05, 0.1) is 23.8 Å². The molecule has 5 rings (SSSR count). The number of aryl methyl sites for hydroxylation is 1. The average Bonchev–Trinajstić information content (AvgIpc) is 3.40. The first kappa shape index (κ1) is 23.1. The van der Waals surface area contributed by atoms with Crippen molar-refractivity contribution in [1.82, 2.24) is 20.1 Å². The van der Waals surface area contributed by atoms with Crippen molar-refractivity contribution < 1.29 is 9.59 Å². The Kier molecular flexibility index (Phi) is 5.86. The summed E-state index contributed by atoms with van der Waals surface area (Å²) in [7, 11) is 0. The van der Waals surface area contributed by atoms with E-state index in [0.29, 0.717) is 23.9 Å². The van der Waals surface area contributed by atoms with E-state index in [2.05, 4.69) is 15.4 Å². The number of hydrogen-bond acceptors (Lipinski definition) is 6. The first-order valence-corrected chi connectivity index (χ1v) is 12.1. The normalized spacial score (nSPS) is 16.7. The van der Waals surface area contributed by atoms with Crippen LogP contribution >= 0.6 is 12.2 Å². The number of nitrogens with one attached hydrogen (secondary N) is 1. The Balaban J connectivity index is 1.45. The lowest BCUT2D eigenvalue weighted by Gasteiger charge is -2.43. The Morgan fingerprint density at radius 2 is 1.91 bits per heavy atom. The second-order valence-electron chi connectivity index (χ2n) is 8.86. The van der Waals surface area contributed by atoms with E-state index in [9.17, 15) is 9.59 Å². The van der Waals surface area contributed by atoms with Crippen LogP contribution in [0.3, 0.4) is 0 Å². The molecule has 2 aromatic heterocycles. The van der Waals surface area contributed by atoms with Gasteiger partial charge in [-0.05, 0) is 74.7 Å². The molecular weight excluding hydrogens is 462 g/mol. The van der Waals surface area contributed by atoms with Crippen molar-refractivity contribution in [3.63, 3.8) is 0 Å². The molecule has 1 aliphatic heterocycles. The zero-order chi connectivity index (χ0) is 24.7. The van der Waals surface area contributed by atoms with Gasteiger partial charge < -0.3 is 16.0 Å².